The van der Waals surface area contributed by atoms with Gasteiger partial charge in [0.05, 0.1) is 17.1 Å². The fraction of sp³-hybridized carbons (Fsp3) is 0.300. The summed E-state index contributed by atoms with van der Waals surface area (Å²) in [5.41, 5.74) is -0.757. The summed E-state index contributed by atoms with van der Waals surface area (Å²) in [6.45, 7) is 2.05. The Bertz CT molecular complexity index is 419. The lowest BCUT2D eigenvalue weighted by Gasteiger charge is -2.02. The van der Waals surface area contributed by atoms with Gasteiger partial charge in [0.1, 0.15) is 0 Å². The van der Waals surface area contributed by atoms with Gasteiger partial charge in [0.15, 0.2) is 0 Å². The second-order valence-electron chi connectivity index (χ2n) is 3.06. The lowest BCUT2D eigenvalue weighted by atomic mass is 10.2. The second kappa shape index (κ2) is 5.20. The van der Waals surface area contributed by atoms with Gasteiger partial charge < -0.3 is 4.74 Å². The molecular weight excluding hydrogens is 217 g/mol. The Kier molecular flexibility index (Phi) is 3.93. The first-order valence-corrected chi connectivity index (χ1v) is 4.67. The van der Waals surface area contributed by atoms with E-state index < -0.39 is 22.4 Å². The van der Waals surface area contributed by atoms with Crippen LogP contribution >= 0.6 is 0 Å². The maximum Gasteiger partial charge on any atom is 0.338 e. The zero-order valence-corrected chi connectivity index (χ0v) is 8.60. The molecule has 0 atom stereocenters. The Morgan fingerprint density at radius 3 is 2.81 bits per heavy atom. The third kappa shape index (κ3) is 2.75. The number of halogens is 1. The highest BCUT2D eigenvalue weighted by Gasteiger charge is 2.17. The molecule has 0 spiro atoms. The molecule has 0 N–H and O–H groups in total. The van der Waals surface area contributed by atoms with Crippen LogP contribution in [0.2, 0.25) is 0 Å². The molecule has 16 heavy (non-hydrogen) atoms. The van der Waals surface area contributed by atoms with E-state index in [2.05, 4.69) is 0 Å². The van der Waals surface area contributed by atoms with Crippen LogP contribution in [0.15, 0.2) is 18.2 Å². The van der Waals surface area contributed by atoms with Crippen molar-refractivity contribution in [1.29, 1.82) is 0 Å². The number of rotatable bonds is 4. The van der Waals surface area contributed by atoms with Crippen LogP contribution < -0.4 is 0 Å². The minimum Gasteiger partial charge on any atom is -0.462 e. The minimum atomic E-state index is -0.975. The van der Waals surface area contributed by atoms with Gasteiger partial charge in [-0.3, -0.25) is 10.1 Å². The van der Waals surface area contributed by atoms with Crippen LogP contribution in [-0.4, -0.2) is 17.5 Å². The molecule has 1 rings (SSSR count). The van der Waals surface area contributed by atoms with Gasteiger partial charge >= 0.3 is 11.7 Å². The summed E-state index contributed by atoms with van der Waals surface area (Å²) < 4.78 is 17.7. The van der Waals surface area contributed by atoms with Crippen molar-refractivity contribution >= 4 is 11.7 Å². The summed E-state index contributed by atoms with van der Waals surface area (Å²) in [6.07, 6.45) is 0.648. The quantitative estimate of drug-likeness (QED) is 0.449. The topological polar surface area (TPSA) is 69.4 Å². The van der Waals surface area contributed by atoms with Gasteiger partial charge in [-0.05, 0) is 18.6 Å². The van der Waals surface area contributed by atoms with Crippen LogP contribution in [0.3, 0.4) is 0 Å². The number of hydrogen-bond donors (Lipinski definition) is 0. The molecular formula is C10H10FNO4. The number of ether oxygens (including phenoxy) is 1. The Morgan fingerprint density at radius 1 is 1.56 bits per heavy atom. The van der Waals surface area contributed by atoms with Crippen molar-refractivity contribution in [2.45, 2.75) is 13.3 Å². The van der Waals surface area contributed by atoms with E-state index in [0.29, 0.717) is 6.42 Å². The largest absolute Gasteiger partial charge is 0.462 e. The summed E-state index contributed by atoms with van der Waals surface area (Å²) in [5.74, 6) is -1.66. The predicted molar refractivity (Wildman–Crippen MR) is 53.6 cm³/mol. The van der Waals surface area contributed by atoms with Gasteiger partial charge in [-0.15, -0.1) is 0 Å². The number of hydrogen-bond acceptors (Lipinski definition) is 4. The number of nitrogens with zero attached hydrogens (tertiary/aromatic N) is 1. The average molecular weight is 227 g/mol. The fourth-order valence-electron chi connectivity index (χ4n) is 1.06. The van der Waals surface area contributed by atoms with Gasteiger partial charge in [0, 0.05) is 6.07 Å². The molecule has 1 aromatic carbocycles. The molecule has 0 aliphatic carbocycles. The molecule has 0 aromatic heterocycles. The summed E-state index contributed by atoms with van der Waals surface area (Å²) in [4.78, 5) is 20.9. The van der Waals surface area contributed by atoms with Crippen LogP contribution in [0, 0.1) is 15.9 Å². The Labute approximate surface area is 91.0 Å². The zero-order valence-electron chi connectivity index (χ0n) is 8.60. The molecule has 6 heteroatoms. The van der Waals surface area contributed by atoms with E-state index in [-0.39, 0.29) is 12.2 Å². The van der Waals surface area contributed by atoms with E-state index in [1.165, 1.54) is 0 Å². The van der Waals surface area contributed by atoms with Crippen LogP contribution in [0.4, 0.5) is 10.1 Å². The number of nitro benzene ring substituents is 1. The van der Waals surface area contributed by atoms with Crippen molar-refractivity contribution in [3.05, 3.63) is 39.7 Å². The Balaban J connectivity index is 2.94. The molecule has 1 aromatic rings. The summed E-state index contributed by atoms with van der Waals surface area (Å²) in [6, 6.07) is 2.90. The summed E-state index contributed by atoms with van der Waals surface area (Å²) in [5, 5.41) is 10.4. The number of esters is 1. The maximum atomic E-state index is 12.9. The standard InChI is InChI=1S/C10H10FNO4/c1-2-5-16-10(13)7-3-4-8(11)9(6-7)12(14)15/h3-4,6H,2,5H2,1H3. The summed E-state index contributed by atoms with van der Waals surface area (Å²) >= 11 is 0. The van der Waals surface area contributed by atoms with E-state index in [4.69, 9.17) is 4.74 Å². The van der Waals surface area contributed by atoms with Crippen molar-refractivity contribution in [3.8, 4) is 0 Å². The SMILES string of the molecule is CCCOC(=O)c1ccc(F)c([N+](=O)[O-])c1. The van der Waals surface area contributed by atoms with Gasteiger partial charge in [-0.1, -0.05) is 6.92 Å². The molecule has 0 aliphatic rings. The van der Waals surface area contributed by atoms with Crippen molar-refractivity contribution < 1.29 is 18.8 Å². The first-order chi connectivity index (χ1) is 7.56. The molecule has 0 saturated heterocycles. The smallest absolute Gasteiger partial charge is 0.338 e. The van der Waals surface area contributed by atoms with E-state index in [0.717, 1.165) is 18.2 Å². The second-order valence-corrected chi connectivity index (χ2v) is 3.06. The molecule has 0 fully saturated rings. The van der Waals surface area contributed by atoms with Gasteiger partial charge in [0.25, 0.3) is 0 Å². The van der Waals surface area contributed by atoms with Gasteiger partial charge in [-0.25, -0.2) is 4.79 Å². The van der Waals surface area contributed by atoms with E-state index >= 15 is 0 Å². The highest BCUT2D eigenvalue weighted by Crippen LogP contribution is 2.18. The van der Waals surface area contributed by atoms with Crippen LogP contribution in [0.5, 0.6) is 0 Å². The molecule has 0 bridgehead atoms. The lowest BCUT2D eigenvalue weighted by Crippen LogP contribution is -2.06. The van der Waals surface area contributed by atoms with E-state index in [1.54, 1.807) is 0 Å². The molecule has 86 valence electrons. The number of carbonyl (C=O) groups excluding carboxylic acids is 1. The first kappa shape index (κ1) is 12.1. The molecule has 0 amide bonds. The van der Waals surface area contributed by atoms with Crippen molar-refractivity contribution in [2.24, 2.45) is 0 Å². The highest BCUT2D eigenvalue weighted by molar-refractivity contribution is 5.90. The van der Waals surface area contributed by atoms with Crippen LogP contribution in [0.1, 0.15) is 23.7 Å². The zero-order chi connectivity index (χ0) is 12.1. The van der Waals surface area contributed by atoms with Gasteiger partial charge in [0.2, 0.25) is 5.82 Å². The predicted octanol–water partition coefficient (Wildman–Crippen LogP) is 2.30. The molecule has 0 radical (unpaired) electrons. The minimum absolute atomic E-state index is 0.0263. The molecule has 0 saturated carbocycles. The molecule has 0 heterocycles. The first-order valence-electron chi connectivity index (χ1n) is 4.67. The Hall–Kier alpha value is -1.98. The lowest BCUT2D eigenvalue weighted by molar-refractivity contribution is -0.387. The van der Waals surface area contributed by atoms with Gasteiger partial charge in [-0.2, -0.15) is 4.39 Å². The third-order valence-electron chi connectivity index (χ3n) is 1.82. The maximum absolute atomic E-state index is 12.9. The van der Waals surface area contributed by atoms with E-state index in [1.807, 2.05) is 6.92 Å². The number of benzene rings is 1. The monoisotopic (exact) mass is 227 g/mol. The highest BCUT2D eigenvalue weighted by atomic mass is 19.1. The van der Waals surface area contributed by atoms with Crippen molar-refractivity contribution in [2.75, 3.05) is 6.61 Å². The normalized spacial score (nSPS) is 9.88. The molecule has 0 unspecified atom stereocenters. The number of carbonyl (C=O) groups is 1. The molecule has 0 aliphatic heterocycles. The van der Waals surface area contributed by atoms with Crippen molar-refractivity contribution in [1.82, 2.24) is 0 Å². The number of nitro groups is 1. The van der Waals surface area contributed by atoms with Crippen LogP contribution in [-0.2, 0) is 4.74 Å². The Morgan fingerprint density at radius 2 is 2.25 bits per heavy atom. The average Bonchev–Trinajstić information content (AvgIpc) is 2.26. The van der Waals surface area contributed by atoms with Crippen molar-refractivity contribution in [3.63, 3.8) is 0 Å². The fourth-order valence-corrected chi connectivity index (χ4v) is 1.06. The van der Waals surface area contributed by atoms with Crippen LogP contribution in [0.25, 0.3) is 0 Å². The molecule has 5 nitrogen and oxygen atoms in total. The third-order valence-corrected chi connectivity index (χ3v) is 1.82. The van der Waals surface area contributed by atoms with E-state index in [9.17, 15) is 19.3 Å². The summed E-state index contributed by atoms with van der Waals surface area (Å²) in [7, 11) is 0.